The number of amides is 2. The van der Waals surface area contributed by atoms with Gasteiger partial charge in [-0.15, -0.1) is 0 Å². The van der Waals surface area contributed by atoms with Gasteiger partial charge >= 0.3 is 44.1 Å². The lowest BCUT2D eigenvalue weighted by Crippen LogP contribution is -2.68. The van der Waals surface area contributed by atoms with Crippen LogP contribution >= 0.6 is 112 Å². The number of carbonyl (C=O) groups excluding carboxylic acids is 7. The van der Waals surface area contributed by atoms with E-state index in [1.165, 1.54) is 115 Å². The van der Waals surface area contributed by atoms with Crippen LogP contribution in [0.25, 0.3) is 0 Å². The highest BCUT2D eigenvalue weighted by Gasteiger charge is 2.57. The summed E-state index contributed by atoms with van der Waals surface area (Å²) >= 11 is 55.9. The number of benzene rings is 3. The van der Waals surface area contributed by atoms with E-state index in [0.717, 1.165) is 148 Å². The van der Waals surface area contributed by atoms with Gasteiger partial charge in [-0.25, -0.2) is 18.9 Å². The quantitative estimate of drug-likeness (QED) is 0.0155. The van der Waals surface area contributed by atoms with Crippen molar-refractivity contribution in [3.63, 3.8) is 0 Å². The van der Waals surface area contributed by atoms with Crippen molar-refractivity contribution in [1.82, 2.24) is 10.6 Å². The molecule has 0 radical (unpaired) electrons. The SMILES string of the molecule is CCCCCCCCCCCCCC(=O)O[C@H](CCCCCCCCCCC)CC(=O)N[C@H]1[C@H](OCc2ccccc2)O[C@H](CO[C@@H]2O[C@H](COC(=O)OC(C)(C)C(Cl)(Cl)Cl)[C@@H](OP(=O)(Oc3ccccc3)Oc3ccccc3)[C@H](OC(=O)C[C@@H](CCCCCCCCCCC)OC(=O)CCCCCCCCCCCCC)[C@H]2NC(=O)OCC(Cl)(Cl)Cl)[C@@H](O)[C@@H]1OC(=O)OCC(Cl)(Cl)Cl. The second kappa shape index (κ2) is 68.6. The largest absolute Gasteiger partial charge is 0.588 e. The van der Waals surface area contributed by atoms with Gasteiger partial charge in [0.05, 0.1) is 26.1 Å². The number of aliphatic hydroxyl groups excluding tert-OH is 1. The Labute approximate surface area is 841 Å². The number of phosphoric acid groups is 1. The number of hydrogen-bond donors (Lipinski definition) is 3. The molecule has 36 heteroatoms. The van der Waals surface area contributed by atoms with Gasteiger partial charge in [0.1, 0.15) is 80.0 Å². The highest BCUT2D eigenvalue weighted by atomic mass is 35.6. The summed E-state index contributed by atoms with van der Waals surface area (Å²) < 4.78 is 102. The Morgan fingerprint density at radius 2 is 0.806 bits per heavy atom. The topological polar surface area (TPSA) is 319 Å². The summed E-state index contributed by atoms with van der Waals surface area (Å²) in [7, 11) is -5.34. The molecule has 26 nitrogen and oxygen atoms in total. The number of hydrogen-bond acceptors (Lipinski definition) is 24. The fourth-order valence-corrected chi connectivity index (χ4v) is 17.4. The highest BCUT2D eigenvalue weighted by Crippen LogP contribution is 2.53. The van der Waals surface area contributed by atoms with E-state index >= 15 is 14.2 Å². The van der Waals surface area contributed by atoms with E-state index in [1.54, 1.807) is 66.7 Å². The van der Waals surface area contributed by atoms with E-state index in [9.17, 15) is 29.1 Å². The molecule has 2 saturated heterocycles. The maximum Gasteiger partial charge on any atom is 0.588 e. The molecule has 0 unspecified atom stereocenters. The Hall–Kier alpha value is -4.45. The fourth-order valence-electron chi connectivity index (χ4n) is 15.5. The highest BCUT2D eigenvalue weighted by molar-refractivity contribution is 7.49. The Morgan fingerprint density at radius 1 is 0.418 bits per heavy atom. The molecule has 5 rings (SSSR count). The van der Waals surface area contributed by atoms with Crippen molar-refractivity contribution in [3.05, 3.63) is 96.6 Å². The summed E-state index contributed by atoms with van der Waals surface area (Å²) in [6, 6.07) is 20.2. The zero-order valence-corrected chi connectivity index (χ0v) is 87.0. The maximum atomic E-state index is 16.1. The molecule has 2 fully saturated rings. The lowest BCUT2D eigenvalue weighted by Gasteiger charge is -2.47. The average Bonchev–Trinajstić information content (AvgIpc) is 0.767. The number of alkyl halides is 9. The van der Waals surface area contributed by atoms with Crippen LogP contribution in [0.5, 0.6) is 11.5 Å². The Kier molecular flexibility index (Phi) is 61.5. The van der Waals surface area contributed by atoms with E-state index < -0.39 is 180 Å². The molecule has 2 heterocycles. The van der Waals surface area contributed by atoms with Crippen LogP contribution in [0.1, 0.15) is 342 Å². The van der Waals surface area contributed by atoms with Gasteiger partial charge in [0.25, 0.3) is 0 Å². The number of aliphatic hydroxyl groups is 1. The molecule has 0 saturated carbocycles. The number of alkyl carbamates (subject to hydrolysis) is 1. The van der Waals surface area contributed by atoms with E-state index in [4.69, 9.17) is 175 Å². The van der Waals surface area contributed by atoms with Gasteiger partial charge in [0.15, 0.2) is 30.4 Å². The molecular formula is C98H150Cl9N2O24P. The van der Waals surface area contributed by atoms with Crippen LogP contribution in [-0.4, -0.2) is 164 Å². The van der Waals surface area contributed by atoms with Crippen LogP contribution < -0.4 is 19.7 Å². The van der Waals surface area contributed by atoms with E-state index in [0.29, 0.717) is 44.1 Å². The summed E-state index contributed by atoms with van der Waals surface area (Å²) in [4.78, 5) is 102. The van der Waals surface area contributed by atoms with Gasteiger partial charge < -0.3 is 81.6 Å². The van der Waals surface area contributed by atoms with E-state index in [2.05, 4.69) is 38.3 Å². The van der Waals surface area contributed by atoms with Crippen molar-refractivity contribution in [3.8, 4) is 11.5 Å². The molecule has 2 aliphatic heterocycles. The number of unbranched alkanes of at least 4 members (excludes halogenated alkanes) is 36. The second-order valence-electron chi connectivity index (χ2n) is 35.3. The van der Waals surface area contributed by atoms with Gasteiger partial charge in [0, 0.05) is 12.8 Å². The first-order valence-electron chi connectivity index (χ1n) is 48.9. The lowest BCUT2D eigenvalue weighted by molar-refractivity contribution is -0.305. The first kappa shape index (κ1) is 120. The van der Waals surface area contributed by atoms with Gasteiger partial charge in [-0.3, -0.25) is 23.7 Å². The molecule has 0 aliphatic carbocycles. The summed E-state index contributed by atoms with van der Waals surface area (Å²) in [5.74, 6) is -3.12. The number of halogens is 9. The zero-order chi connectivity index (χ0) is 97.9. The van der Waals surface area contributed by atoms with Crippen molar-refractivity contribution < 1.29 is 114 Å². The lowest BCUT2D eigenvalue weighted by atomic mass is 9.95. The minimum atomic E-state index is -5.34. The van der Waals surface area contributed by atoms with E-state index in [-0.39, 0.29) is 37.4 Å². The van der Waals surface area contributed by atoms with Crippen LogP contribution in [-0.2, 0) is 91.7 Å². The number of nitrogens with one attached hydrogen (secondary N) is 2. The number of carbonyl (C=O) groups is 7. The molecule has 2 amide bonds. The predicted octanol–water partition coefficient (Wildman–Crippen LogP) is 27.6. The maximum absolute atomic E-state index is 16.1. The Morgan fingerprint density at radius 3 is 1.24 bits per heavy atom. The summed E-state index contributed by atoms with van der Waals surface area (Å²) in [5.41, 5.74) is -1.35. The standard InChI is InChI=1S/C98H150Cl9N2O24P/c1-7-11-15-19-23-27-29-33-37-41-54-64-81(111)124-76(62-48-39-35-31-25-21-17-13-9-3)66-80(110)108-84-88(129-93(116)123-72-97(102,103)104)86(114)78(126-90(84)119-68-73-56-46-43-47-57-73)69-120-91-85(109-92(115)122-71-96(99,100)101)89(128-83(113)67-77(63-49-40-36-32-26-22-18-14-10-4)125-82(112)65-55-42-38-34-30-28-24-20-16-12-8-2)87(79(127-91)70-121-94(117)130-95(5,6)98(105,106)107)133-134(118,131-74-58-50-44-51-59-74)132-75-60-52-45-53-61-75/h43-47,50-53,56-61,76-79,84-91,114H,7-42,48-49,54-55,62-72H2,1-6H3,(H,108,110)(H,109,115)/t76-,77-,78-,79-,84-,85-,86-,87-,88-,89-,90-,91-/m1/s1. The van der Waals surface area contributed by atoms with Crippen LogP contribution in [0.2, 0.25) is 0 Å². The number of ether oxygens (including phenoxy) is 12. The second-order valence-corrected chi connectivity index (χ2v) is 44.1. The van der Waals surface area contributed by atoms with Gasteiger partial charge in [-0.1, -0.05) is 430 Å². The molecule has 0 aromatic heterocycles. The molecule has 0 spiro atoms. The van der Waals surface area contributed by atoms with Crippen LogP contribution in [0.4, 0.5) is 14.4 Å². The summed E-state index contributed by atoms with van der Waals surface area (Å²) in [5, 5.41) is 18.5. The molecule has 2 aliphatic rings. The third-order valence-electron chi connectivity index (χ3n) is 23.0. The minimum Gasteiger partial charge on any atom is -0.462 e. The molecule has 764 valence electrons. The number of para-hydroxylation sites is 2. The first-order chi connectivity index (χ1) is 64.1. The van der Waals surface area contributed by atoms with Gasteiger partial charge in [0.2, 0.25) is 17.3 Å². The minimum absolute atomic E-state index is 0.0406. The molecular weight excluding hydrogens is 1940 g/mol. The van der Waals surface area contributed by atoms with Crippen LogP contribution in [0, 0.1) is 0 Å². The van der Waals surface area contributed by atoms with Crippen molar-refractivity contribution in [2.75, 3.05) is 26.4 Å². The third kappa shape index (κ3) is 53.4. The normalized spacial score (nSPS) is 19.3. The summed E-state index contributed by atoms with van der Waals surface area (Å²) in [6.07, 6.45) is 17.6. The monoisotopic (exact) mass is 2080 g/mol. The van der Waals surface area contributed by atoms with E-state index in [1.807, 2.05) is 0 Å². The van der Waals surface area contributed by atoms with Gasteiger partial charge in [-0.05, 0) is 82.2 Å². The molecule has 3 N–H and O–H groups in total. The predicted molar refractivity (Wildman–Crippen MR) is 526 cm³/mol. The van der Waals surface area contributed by atoms with Crippen LogP contribution in [0.15, 0.2) is 91.0 Å². The number of rotatable bonds is 71. The van der Waals surface area contributed by atoms with Crippen molar-refractivity contribution >= 4 is 154 Å². The van der Waals surface area contributed by atoms with Crippen LogP contribution in [0.3, 0.4) is 0 Å². The molecule has 12 atom stereocenters. The number of esters is 3. The number of phosphoric ester groups is 1. The van der Waals surface area contributed by atoms with Crippen molar-refractivity contribution in [2.45, 2.75) is 434 Å². The summed E-state index contributed by atoms with van der Waals surface area (Å²) in [6.45, 7) is 7.16. The molecule has 0 bridgehead atoms. The average molecular weight is 2090 g/mol. The van der Waals surface area contributed by atoms with Crippen molar-refractivity contribution in [1.29, 1.82) is 0 Å². The van der Waals surface area contributed by atoms with Gasteiger partial charge in [-0.2, -0.15) is 0 Å². The smallest absolute Gasteiger partial charge is 0.462 e. The zero-order valence-electron chi connectivity index (χ0n) is 79.3. The Bertz CT molecular complexity index is 3690. The fraction of sp³-hybridized carbons (Fsp3) is 0.745. The first-order valence-corrected chi connectivity index (χ1v) is 53.7. The Balaban J connectivity index is 1.67. The third-order valence-corrected chi connectivity index (χ3v) is 26.4. The molecule has 3 aromatic rings. The molecule has 134 heavy (non-hydrogen) atoms. The molecule has 3 aromatic carbocycles. The van der Waals surface area contributed by atoms with Crippen molar-refractivity contribution in [2.24, 2.45) is 0 Å².